The Morgan fingerprint density at radius 1 is 0.897 bits per heavy atom. The van der Waals surface area contributed by atoms with Crippen LogP contribution in [0.4, 0.5) is 0 Å². The third kappa shape index (κ3) is 5.85. The molecule has 0 bridgehead atoms. The number of carboxylic acid groups (broad SMARTS) is 1. The maximum absolute atomic E-state index is 10.9. The first-order valence-corrected chi connectivity index (χ1v) is 9.82. The van der Waals surface area contributed by atoms with E-state index in [1.54, 1.807) is 0 Å². The second kappa shape index (κ2) is 9.78. The maximum atomic E-state index is 10.9. The van der Waals surface area contributed by atoms with Crippen molar-refractivity contribution in [2.24, 2.45) is 0 Å². The van der Waals surface area contributed by atoms with E-state index in [-0.39, 0.29) is 12.3 Å². The molecule has 3 aromatic carbocycles. The average molecular weight is 390 g/mol. The van der Waals surface area contributed by atoms with Crippen molar-refractivity contribution in [3.8, 4) is 22.6 Å². The SMILES string of the molecule is CCOc1ccc(-c2cccc(COc3ccc(C(C)CC(=O)O)cc3)c2)cc1. The maximum Gasteiger partial charge on any atom is 0.303 e. The van der Waals surface area contributed by atoms with E-state index in [0.717, 1.165) is 33.8 Å². The molecule has 1 atom stereocenters. The van der Waals surface area contributed by atoms with E-state index in [9.17, 15) is 4.79 Å². The summed E-state index contributed by atoms with van der Waals surface area (Å²) in [6.45, 7) is 5.01. The molecule has 0 radical (unpaired) electrons. The Balaban J connectivity index is 1.62. The molecule has 0 aliphatic rings. The summed E-state index contributed by atoms with van der Waals surface area (Å²) in [7, 11) is 0. The van der Waals surface area contributed by atoms with Gasteiger partial charge in [0.1, 0.15) is 18.1 Å². The van der Waals surface area contributed by atoms with Crippen LogP contribution < -0.4 is 9.47 Å². The Hall–Kier alpha value is -3.27. The van der Waals surface area contributed by atoms with Gasteiger partial charge in [0.05, 0.1) is 13.0 Å². The fourth-order valence-corrected chi connectivity index (χ4v) is 3.19. The van der Waals surface area contributed by atoms with E-state index in [2.05, 4.69) is 24.3 Å². The second-order valence-corrected chi connectivity index (χ2v) is 7.01. The quantitative estimate of drug-likeness (QED) is 0.493. The highest BCUT2D eigenvalue weighted by molar-refractivity contribution is 5.68. The van der Waals surface area contributed by atoms with E-state index in [4.69, 9.17) is 14.6 Å². The third-order valence-corrected chi connectivity index (χ3v) is 4.76. The lowest BCUT2D eigenvalue weighted by Gasteiger charge is -2.12. The minimum atomic E-state index is -0.787. The van der Waals surface area contributed by atoms with Crippen molar-refractivity contribution in [2.45, 2.75) is 32.8 Å². The number of hydrogen-bond donors (Lipinski definition) is 1. The van der Waals surface area contributed by atoms with Gasteiger partial charge in [-0.15, -0.1) is 0 Å². The molecule has 4 nitrogen and oxygen atoms in total. The minimum Gasteiger partial charge on any atom is -0.494 e. The molecule has 3 rings (SSSR count). The van der Waals surface area contributed by atoms with Crippen LogP contribution in [0, 0.1) is 0 Å². The molecule has 3 aromatic rings. The van der Waals surface area contributed by atoms with E-state index in [1.165, 1.54) is 0 Å². The van der Waals surface area contributed by atoms with E-state index in [0.29, 0.717) is 13.2 Å². The molecule has 0 heterocycles. The fraction of sp³-hybridized carbons (Fsp3) is 0.240. The van der Waals surface area contributed by atoms with Crippen LogP contribution in [0.15, 0.2) is 72.8 Å². The summed E-state index contributed by atoms with van der Waals surface area (Å²) < 4.78 is 11.4. The molecule has 1 unspecified atom stereocenters. The number of aliphatic carboxylic acids is 1. The van der Waals surface area contributed by atoms with Gasteiger partial charge in [0.15, 0.2) is 0 Å². The molecule has 1 N–H and O–H groups in total. The van der Waals surface area contributed by atoms with Gasteiger partial charge in [-0.3, -0.25) is 4.79 Å². The lowest BCUT2D eigenvalue weighted by molar-refractivity contribution is -0.137. The largest absolute Gasteiger partial charge is 0.494 e. The van der Waals surface area contributed by atoms with Crippen molar-refractivity contribution in [1.29, 1.82) is 0 Å². The summed E-state index contributed by atoms with van der Waals surface area (Å²) in [4.78, 5) is 10.9. The van der Waals surface area contributed by atoms with Gasteiger partial charge in [-0.05, 0) is 65.4 Å². The molecule has 0 saturated carbocycles. The highest BCUT2D eigenvalue weighted by Crippen LogP contribution is 2.25. The summed E-state index contributed by atoms with van der Waals surface area (Å²) in [5.74, 6) is 0.831. The van der Waals surface area contributed by atoms with Gasteiger partial charge in [0, 0.05) is 0 Å². The highest BCUT2D eigenvalue weighted by Gasteiger charge is 2.10. The van der Waals surface area contributed by atoms with Crippen molar-refractivity contribution >= 4 is 5.97 Å². The van der Waals surface area contributed by atoms with Crippen molar-refractivity contribution < 1.29 is 19.4 Å². The molecule has 0 aromatic heterocycles. The number of benzene rings is 3. The lowest BCUT2D eigenvalue weighted by Crippen LogP contribution is -2.03. The topological polar surface area (TPSA) is 55.8 Å². The molecule has 0 amide bonds. The Morgan fingerprint density at radius 2 is 1.55 bits per heavy atom. The zero-order valence-corrected chi connectivity index (χ0v) is 16.8. The zero-order chi connectivity index (χ0) is 20.6. The monoisotopic (exact) mass is 390 g/mol. The summed E-state index contributed by atoms with van der Waals surface area (Å²) in [6.07, 6.45) is 0.124. The zero-order valence-electron chi connectivity index (χ0n) is 16.8. The van der Waals surface area contributed by atoms with E-state index in [1.807, 2.05) is 62.4 Å². The molecule has 0 saturated heterocycles. The van der Waals surface area contributed by atoms with Gasteiger partial charge in [-0.2, -0.15) is 0 Å². The predicted octanol–water partition coefficient (Wildman–Crippen LogP) is 5.91. The van der Waals surface area contributed by atoms with Crippen molar-refractivity contribution in [2.75, 3.05) is 6.61 Å². The molecule has 150 valence electrons. The van der Waals surface area contributed by atoms with Crippen LogP contribution in [0.2, 0.25) is 0 Å². The van der Waals surface area contributed by atoms with Gasteiger partial charge < -0.3 is 14.6 Å². The molecular formula is C25H26O4. The molecule has 0 spiro atoms. The molecule has 29 heavy (non-hydrogen) atoms. The normalized spacial score (nSPS) is 11.7. The van der Waals surface area contributed by atoms with Gasteiger partial charge in [-0.25, -0.2) is 0 Å². The number of carbonyl (C=O) groups is 1. The summed E-state index contributed by atoms with van der Waals surface area (Å²) in [5.41, 5.74) is 4.34. The fourth-order valence-electron chi connectivity index (χ4n) is 3.19. The molecule has 4 heteroatoms. The molecule has 0 fully saturated rings. The van der Waals surface area contributed by atoms with Crippen LogP contribution in [-0.2, 0) is 11.4 Å². The third-order valence-electron chi connectivity index (χ3n) is 4.76. The van der Waals surface area contributed by atoms with Gasteiger partial charge >= 0.3 is 5.97 Å². The van der Waals surface area contributed by atoms with Crippen LogP contribution in [0.5, 0.6) is 11.5 Å². The number of carboxylic acids is 1. The smallest absolute Gasteiger partial charge is 0.303 e. The Morgan fingerprint density at radius 3 is 2.21 bits per heavy atom. The van der Waals surface area contributed by atoms with Crippen LogP contribution >= 0.6 is 0 Å². The number of ether oxygens (including phenoxy) is 2. The van der Waals surface area contributed by atoms with E-state index >= 15 is 0 Å². The minimum absolute atomic E-state index is 0.0210. The lowest BCUT2D eigenvalue weighted by atomic mass is 9.98. The second-order valence-electron chi connectivity index (χ2n) is 7.01. The van der Waals surface area contributed by atoms with Gasteiger partial charge in [0.25, 0.3) is 0 Å². The Labute approximate surface area is 171 Å². The summed E-state index contributed by atoms with van der Waals surface area (Å²) in [6, 6.07) is 24.0. The van der Waals surface area contributed by atoms with Crippen LogP contribution in [0.3, 0.4) is 0 Å². The summed E-state index contributed by atoms with van der Waals surface area (Å²) in [5, 5.41) is 8.92. The Kier molecular flexibility index (Phi) is 6.90. The van der Waals surface area contributed by atoms with Crippen LogP contribution in [0.25, 0.3) is 11.1 Å². The summed E-state index contributed by atoms with van der Waals surface area (Å²) >= 11 is 0. The van der Waals surface area contributed by atoms with E-state index < -0.39 is 5.97 Å². The standard InChI is InChI=1S/C25H26O4/c1-3-28-23-13-9-21(10-14-23)22-6-4-5-19(16-22)17-29-24-11-7-20(8-12-24)18(2)15-25(26)27/h4-14,16,18H,3,15,17H2,1-2H3,(H,26,27). The highest BCUT2D eigenvalue weighted by atomic mass is 16.5. The Bertz CT molecular complexity index is 930. The van der Waals surface area contributed by atoms with Crippen molar-refractivity contribution in [3.05, 3.63) is 83.9 Å². The number of rotatable bonds is 9. The van der Waals surface area contributed by atoms with Crippen LogP contribution in [0.1, 0.15) is 37.3 Å². The molecular weight excluding hydrogens is 364 g/mol. The molecule has 0 aliphatic heterocycles. The van der Waals surface area contributed by atoms with Crippen molar-refractivity contribution in [3.63, 3.8) is 0 Å². The number of hydrogen-bond acceptors (Lipinski definition) is 3. The first-order chi connectivity index (χ1) is 14.0. The first kappa shape index (κ1) is 20.5. The van der Waals surface area contributed by atoms with Crippen LogP contribution in [-0.4, -0.2) is 17.7 Å². The first-order valence-electron chi connectivity index (χ1n) is 9.82. The molecule has 0 aliphatic carbocycles. The predicted molar refractivity (Wildman–Crippen MR) is 114 cm³/mol. The van der Waals surface area contributed by atoms with Gasteiger partial charge in [0.2, 0.25) is 0 Å². The van der Waals surface area contributed by atoms with Crippen molar-refractivity contribution in [1.82, 2.24) is 0 Å². The van der Waals surface area contributed by atoms with Gasteiger partial charge in [-0.1, -0.05) is 49.4 Å². The average Bonchev–Trinajstić information content (AvgIpc) is 2.73.